The van der Waals surface area contributed by atoms with Crippen molar-refractivity contribution in [1.82, 2.24) is 15.3 Å². The molecule has 2 unspecified atom stereocenters. The molecule has 7 heteroatoms. The van der Waals surface area contributed by atoms with Crippen molar-refractivity contribution < 1.29 is 4.79 Å². The molecule has 30 heavy (non-hydrogen) atoms. The minimum absolute atomic E-state index is 0.0128. The summed E-state index contributed by atoms with van der Waals surface area (Å²) in [5.41, 5.74) is 4.06. The Balaban J connectivity index is 1.51. The monoisotopic (exact) mass is 442 g/mol. The van der Waals surface area contributed by atoms with Crippen LogP contribution in [0.2, 0.25) is 5.02 Å². The first-order chi connectivity index (χ1) is 14.3. The van der Waals surface area contributed by atoms with Gasteiger partial charge in [0.25, 0.3) is 0 Å². The number of piperidine rings is 1. The van der Waals surface area contributed by atoms with Gasteiger partial charge in [-0.15, -0.1) is 11.8 Å². The number of thioether (sulfide) groups is 1. The fraction of sp³-hybridized carbons (Fsp3) is 0.435. The van der Waals surface area contributed by atoms with E-state index in [2.05, 4.69) is 45.3 Å². The summed E-state index contributed by atoms with van der Waals surface area (Å²) in [7, 11) is 0. The number of fused-ring (bicyclic) bond motifs is 1. The Morgan fingerprint density at radius 2 is 2.07 bits per heavy atom. The zero-order valence-electron chi connectivity index (χ0n) is 17.8. The molecule has 0 saturated carbocycles. The van der Waals surface area contributed by atoms with Crippen LogP contribution < -0.4 is 10.2 Å². The lowest BCUT2D eigenvalue weighted by Crippen LogP contribution is -2.41. The third kappa shape index (κ3) is 4.35. The van der Waals surface area contributed by atoms with E-state index in [1.54, 1.807) is 18.0 Å². The molecule has 0 spiro atoms. The van der Waals surface area contributed by atoms with Gasteiger partial charge in [0.1, 0.15) is 5.82 Å². The summed E-state index contributed by atoms with van der Waals surface area (Å²) in [4.78, 5) is 23.6. The molecule has 2 aliphatic rings. The van der Waals surface area contributed by atoms with Crippen molar-refractivity contribution in [2.45, 2.75) is 39.4 Å². The summed E-state index contributed by atoms with van der Waals surface area (Å²) < 4.78 is 0. The number of aryl methyl sites for hydroxylation is 2. The number of amides is 1. The van der Waals surface area contributed by atoms with Gasteiger partial charge in [-0.2, -0.15) is 0 Å². The second-order valence-corrected chi connectivity index (χ2v) is 10.1. The van der Waals surface area contributed by atoms with E-state index in [1.807, 2.05) is 27.0 Å². The Morgan fingerprint density at radius 3 is 2.80 bits per heavy atom. The van der Waals surface area contributed by atoms with E-state index in [-0.39, 0.29) is 11.8 Å². The molecule has 2 aromatic rings. The Labute approximate surface area is 187 Å². The number of nitrogens with one attached hydrogen (secondary N) is 1. The number of hydrogen-bond acceptors (Lipinski definition) is 5. The van der Waals surface area contributed by atoms with Crippen LogP contribution in [0.1, 0.15) is 31.4 Å². The first kappa shape index (κ1) is 21.2. The molecule has 1 amide bonds. The van der Waals surface area contributed by atoms with E-state index in [4.69, 9.17) is 11.6 Å². The molecule has 0 aliphatic carbocycles. The average Bonchev–Trinajstić information content (AvgIpc) is 3.10. The molecule has 4 rings (SSSR count). The molecule has 1 N–H and O–H groups in total. The number of carbonyl (C=O) groups excluding carboxylic acids is 1. The van der Waals surface area contributed by atoms with E-state index in [0.717, 1.165) is 52.7 Å². The lowest BCUT2D eigenvalue weighted by molar-refractivity contribution is -0.123. The molecular formula is C23H27ClN4OS. The third-order valence-electron chi connectivity index (χ3n) is 5.66. The van der Waals surface area contributed by atoms with Crippen molar-refractivity contribution in [3.05, 3.63) is 51.8 Å². The third-order valence-corrected chi connectivity index (χ3v) is 7.25. The van der Waals surface area contributed by atoms with Crippen LogP contribution in [0.5, 0.6) is 0 Å². The lowest BCUT2D eigenvalue weighted by Gasteiger charge is -2.35. The number of allylic oxidation sites excluding steroid dienone is 1. The van der Waals surface area contributed by atoms with Crippen LogP contribution in [0, 0.1) is 25.7 Å². The van der Waals surface area contributed by atoms with Crippen LogP contribution in [0.15, 0.2) is 35.6 Å². The Morgan fingerprint density at radius 1 is 1.27 bits per heavy atom. The summed E-state index contributed by atoms with van der Waals surface area (Å²) in [5.74, 6) is 1.48. The quantitative estimate of drug-likeness (QED) is 0.724. The summed E-state index contributed by atoms with van der Waals surface area (Å²) in [6, 6.07) is 4.18. The minimum atomic E-state index is -0.0128. The van der Waals surface area contributed by atoms with Crippen LogP contribution in [-0.4, -0.2) is 34.2 Å². The SMILES string of the molecule is Cc1cnc(-c2cc(N3CCC4C=C(NC(=O)C(C)C)SC4C3)ncc2Cl)c(C)c1. The standard InChI is InChI=1S/C23H27ClN4OS/c1-13(2)23(29)27-21-8-16-5-6-28(12-19(16)30-21)20-9-17(18(24)11-25-20)22-15(4)7-14(3)10-26-22/h7-11,13,16,19H,5-6,12H2,1-4H3,(H,27,29). The molecule has 2 aromatic heterocycles. The summed E-state index contributed by atoms with van der Waals surface area (Å²) in [6.07, 6.45) is 6.87. The van der Waals surface area contributed by atoms with Gasteiger partial charge in [-0.25, -0.2) is 4.98 Å². The minimum Gasteiger partial charge on any atom is -0.355 e. The smallest absolute Gasteiger partial charge is 0.227 e. The van der Waals surface area contributed by atoms with Gasteiger partial charge in [0, 0.05) is 42.2 Å². The van der Waals surface area contributed by atoms with Crippen LogP contribution in [0.4, 0.5) is 5.82 Å². The Kier molecular flexibility index (Phi) is 6.07. The van der Waals surface area contributed by atoms with Crippen LogP contribution in [0.25, 0.3) is 11.3 Å². The number of aromatic nitrogens is 2. The first-order valence-corrected chi connectivity index (χ1v) is 11.6. The van der Waals surface area contributed by atoms with E-state index in [9.17, 15) is 4.79 Å². The van der Waals surface area contributed by atoms with E-state index in [1.165, 1.54) is 0 Å². The van der Waals surface area contributed by atoms with Gasteiger partial charge in [-0.3, -0.25) is 9.78 Å². The van der Waals surface area contributed by atoms with E-state index >= 15 is 0 Å². The second kappa shape index (κ2) is 8.60. The molecular weight excluding hydrogens is 416 g/mol. The lowest BCUT2D eigenvalue weighted by atomic mass is 9.96. The second-order valence-electron chi connectivity index (χ2n) is 8.43. The molecule has 158 valence electrons. The Hall–Kier alpha value is -2.05. The molecule has 1 fully saturated rings. The van der Waals surface area contributed by atoms with Crippen molar-refractivity contribution in [2.24, 2.45) is 11.8 Å². The highest BCUT2D eigenvalue weighted by atomic mass is 35.5. The molecule has 0 aromatic carbocycles. The highest BCUT2D eigenvalue weighted by molar-refractivity contribution is 8.03. The number of carbonyl (C=O) groups is 1. The van der Waals surface area contributed by atoms with Crippen LogP contribution in [-0.2, 0) is 4.79 Å². The van der Waals surface area contributed by atoms with Crippen LogP contribution in [0.3, 0.4) is 0 Å². The maximum atomic E-state index is 12.0. The Bertz CT molecular complexity index is 1010. The topological polar surface area (TPSA) is 58.1 Å². The number of hydrogen-bond donors (Lipinski definition) is 1. The van der Waals surface area contributed by atoms with Gasteiger partial charge in [-0.1, -0.05) is 31.5 Å². The maximum Gasteiger partial charge on any atom is 0.227 e. The van der Waals surface area contributed by atoms with Gasteiger partial charge in [0.05, 0.1) is 15.7 Å². The number of rotatable bonds is 4. The predicted octanol–water partition coefficient (Wildman–Crippen LogP) is 4.97. The molecule has 1 saturated heterocycles. The van der Waals surface area contributed by atoms with Gasteiger partial charge >= 0.3 is 0 Å². The normalized spacial score (nSPS) is 20.9. The molecule has 0 radical (unpaired) electrons. The number of pyridine rings is 2. The molecule has 0 bridgehead atoms. The molecule has 2 aliphatic heterocycles. The van der Waals surface area contributed by atoms with Gasteiger partial charge in [0.2, 0.25) is 5.91 Å². The van der Waals surface area contributed by atoms with Crippen molar-refractivity contribution in [2.75, 3.05) is 18.0 Å². The van der Waals surface area contributed by atoms with Crippen molar-refractivity contribution >= 4 is 35.1 Å². The zero-order chi connectivity index (χ0) is 21.4. The summed E-state index contributed by atoms with van der Waals surface area (Å²) in [6.45, 7) is 9.75. The zero-order valence-corrected chi connectivity index (χ0v) is 19.3. The maximum absolute atomic E-state index is 12.0. The van der Waals surface area contributed by atoms with Gasteiger partial charge < -0.3 is 10.2 Å². The first-order valence-electron chi connectivity index (χ1n) is 10.3. The van der Waals surface area contributed by atoms with Crippen molar-refractivity contribution in [1.29, 1.82) is 0 Å². The van der Waals surface area contributed by atoms with E-state index < -0.39 is 0 Å². The molecule has 4 heterocycles. The molecule has 2 atom stereocenters. The predicted molar refractivity (Wildman–Crippen MR) is 125 cm³/mol. The van der Waals surface area contributed by atoms with E-state index in [0.29, 0.717) is 16.2 Å². The molecule has 5 nitrogen and oxygen atoms in total. The number of nitrogens with zero attached hydrogens (tertiary/aromatic N) is 3. The summed E-state index contributed by atoms with van der Waals surface area (Å²) >= 11 is 8.26. The van der Waals surface area contributed by atoms with Gasteiger partial charge in [-0.05, 0) is 49.5 Å². The van der Waals surface area contributed by atoms with Crippen molar-refractivity contribution in [3.8, 4) is 11.3 Å². The number of anilines is 1. The summed E-state index contributed by atoms with van der Waals surface area (Å²) in [5, 5.41) is 5.09. The average molecular weight is 443 g/mol. The largest absolute Gasteiger partial charge is 0.355 e. The fourth-order valence-corrected chi connectivity index (χ4v) is 5.55. The highest BCUT2D eigenvalue weighted by Gasteiger charge is 2.35. The fourth-order valence-electron chi connectivity index (χ4n) is 3.97. The highest BCUT2D eigenvalue weighted by Crippen LogP contribution is 2.41. The van der Waals surface area contributed by atoms with Crippen LogP contribution >= 0.6 is 23.4 Å². The van der Waals surface area contributed by atoms with Gasteiger partial charge in [0.15, 0.2) is 0 Å². The number of halogens is 1. The van der Waals surface area contributed by atoms with Crippen molar-refractivity contribution in [3.63, 3.8) is 0 Å².